The van der Waals surface area contributed by atoms with Gasteiger partial charge in [-0.2, -0.15) is 0 Å². The van der Waals surface area contributed by atoms with Crippen molar-refractivity contribution >= 4 is 0 Å². The van der Waals surface area contributed by atoms with Crippen LogP contribution in [0.25, 0.3) is 0 Å². The molecule has 0 amide bonds. The molecule has 0 aliphatic heterocycles. The van der Waals surface area contributed by atoms with Crippen LogP contribution in [0, 0.1) is 5.41 Å². The van der Waals surface area contributed by atoms with Crippen LogP contribution in [-0.4, -0.2) is 0 Å². The molecule has 1 aliphatic rings. The smallest absolute Gasteiger partial charge is 0.00647 e. The quantitative estimate of drug-likeness (QED) is 0.609. The summed E-state index contributed by atoms with van der Waals surface area (Å²) >= 11 is 0. The third kappa shape index (κ3) is 1.75. The first-order valence-corrected chi connectivity index (χ1v) is 5.33. The fourth-order valence-electron chi connectivity index (χ4n) is 2.38. The molecule has 0 heterocycles. The Bertz CT molecular complexity index is 344. The highest BCUT2D eigenvalue weighted by molar-refractivity contribution is 5.33. The van der Waals surface area contributed by atoms with Gasteiger partial charge in [-0.15, -0.1) is 0 Å². The van der Waals surface area contributed by atoms with Crippen LogP contribution < -0.4 is 0 Å². The van der Waals surface area contributed by atoms with Crippen molar-refractivity contribution in [2.75, 3.05) is 0 Å². The van der Waals surface area contributed by atoms with Gasteiger partial charge in [-0.25, -0.2) is 0 Å². The lowest BCUT2D eigenvalue weighted by Gasteiger charge is -2.06. The second kappa shape index (κ2) is 3.27. The Balaban J connectivity index is 2.16. The second-order valence-electron chi connectivity index (χ2n) is 4.89. The Labute approximate surface area is 86.7 Å². The fraction of sp³-hybridized carbons (Fsp3) is 0.429. The summed E-state index contributed by atoms with van der Waals surface area (Å²) in [5, 5.41) is 0. The van der Waals surface area contributed by atoms with E-state index in [0.29, 0.717) is 5.41 Å². The Kier molecular flexibility index (Phi) is 2.22. The van der Waals surface area contributed by atoms with Gasteiger partial charge >= 0.3 is 0 Å². The maximum absolute atomic E-state index is 2.42. The van der Waals surface area contributed by atoms with Crippen molar-refractivity contribution in [3.05, 3.63) is 47.5 Å². The zero-order chi connectivity index (χ0) is 10.2. The summed E-state index contributed by atoms with van der Waals surface area (Å²) in [5.41, 5.74) is 3.36. The Morgan fingerprint density at radius 3 is 2.50 bits per heavy atom. The maximum atomic E-state index is 2.42. The van der Waals surface area contributed by atoms with E-state index in [1.54, 1.807) is 0 Å². The SMILES string of the molecule is CC(C)=C[C@]1(C)C[C@H]1c1ccccc1. The van der Waals surface area contributed by atoms with Crippen LogP contribution in [0.5, 0.6) is 0 Å². The molecule has 14 heavy (non-hydrogen) atoms. The number of hydrogen-bond donors (Lipinski definition) is 0. The van der Waals surface area contributed by atoms with Crippen molar-refractivity contribution in [1.82, 2.24) is 0 Å². The lowest BCUT2D eigenvalue weighted by molar-refractivity contribution is 0.702. The molecule has 1 aromatic rings. The first-order chi connectivity index (χ1) is 6.62. The second-order valence-corrected chi connectivity index (χ2v) is 4.89. The summed E-state index contributed by atoms with van der Waals surface area (Å²) in [4.78, 5) is 0. The molecule has 0 heteroatoms. The number of rotatable bonds is 2. The first-order valence-electron chi connectivity index (χ1n) is 5.33. The number of hydrogen-bond acceptors (Lipinski definition) is 0. The third-order valence-corrected chi connectivity index (χ3v) is 3.10. The van der Waals surface area contributed by atoms with E-state index in [1.807, 2.05) is 0 Å². The van der Waals surface area contributed by atoms with Gasteiger partial charge < -0.3 is 0 Å². The molecule has 1 saturated carbocycles. The summed E-state index contributed by atoms with van der Waals surface area (Å²) in [7, 11) is 0. The van der Waals surface area contributed by atoms with Crippen molar-refractivity contribution in [3.8, 4) is 0 Å². The third-order valence-electron chi connectivity index (χ3n) is 3.10. The molecule has 0 bridgehead atoms. The molecule has 1 aliphatic carbocycles. The molecule has 1 aromatic carbocycles. The van der Waals surface area contributed by atoms with Crippen LogP contribution >= 0.6 is 0 Å². The van der Waals surface area contributed by atoms with Gasteiger partial charge in [0.15, 0.2) is 0 Å². The van der Waals surface area contributed by atoms with E-state index < -0.39 is 0 Å². The molecule has 2 atom stereocenters. The van der Waals surface area contributed by atoms with Crippen LogP contribution in [-0.2, 0) is 0 Å². The normalized spacial score (nSPS) is 29.8. The van der Waals surface area contributed by atoms with Crippen LogP contribution in [0.3, 0.4) is 0 Å². The van der Waals surface area contributed by atoms with Gasteiger partial charge in [0.25, 0.3) is 0 Å². The Morgan fingerprint density at radius 2 is 1.93 bits per heavy atom. The van der Waals surface area contributed by atoms with Gasteiger partial charge in [-0.1, -0.05) is 48.9 Å². The van der Waals surface area contributed by atoms with Gasteiger partial charge in [-0.05, 0) is 37.2 Å². The summed E-state index contributed by atoms with van der Waals surface area (Å²) < 4.78 is 0. The zero-order valence-corrected chi connectivity index (χ0v) is 9.25. The van der Waals surface area contributed by atoms with Crippen LogP contribution in [0.1, 0.15) is 38.7 Å². The fourth-order valence-corrected chi connectivity index (χ4v) is 2.38. The largest absolute Gasteiger partial charge is 0.0799 e. The van der Waals surface area contributed by atoms with Gasteiger partial charge in [0.2, 0.25) is 0 Å². The van der Waals surface area contributed by atoms with E-state index in [-0.39, 0.29) is 0 Å². The van der Waals surface area contributed by atoms with Crippen LogP contribution in [0.4, 0.5) is 0 Å². The Hall–Kier alpha value is -1.04. The highest BCUT2D eigenvalue weighted by Crippen LogP contribution is 2.60. The summed E-state index contributed by atoms with van der Waals surface area (Å²) in [6, 6.07) is 10.8. The number of allylic oxidation sites excluding steroid dienone is 2. The monoisotopic (exact) mass is 186 g/mol. The van der Waals surface area contributed by atoms with Crippen LogP contribution in [0.15, 0.2) is 42.0 Å². The molecule has 2 rings (SSSR count). The average molecular weight is 186 g/mol. The van der Waals surface area contributed by atoms with Gasteiger partial charge in [0, 0.05) is 0 Å². The van der Waals surface area contributed by atoms with E-state index in [4.69, 9.17) is 0 Å². The predicted molar refractivity (Wildman–Crippen MR) is 61.3 cm³/mol. The lowest BCUT2D eigenvalue weighted by Crippen LogP contribution is -1.93. The molecule has 0 unspecified atom stereocenters. The van der Waals surface area contributed by atoms with Crippen molar-refractivity contribution in [1.29, 1.82) is 0 Å². The molecule has 0 spiro atoms. The van der Waals surface area contributed by atoms with Crippen molar-refractivity contribution in [2.24, 2.45) is 5.41 Å². The highest BCUT2D eigenvalue weighted by Gasteiger charge is 2.48. The minimum absolute atomic E-state index is 0.431. The molecule has 0 saturated heterocycles. The van der Waals surface area contributed by atoms with E-state index in [1.165, 1.54) is 17.6 Å². The van der Waals surface area contributed by atoms with Crippen molar-refractivity contribution < 1.29 is 0 Å². The summed E-state index contributed by atoms with van der Waals surface area (Å²) in [6.45, 7) is 6.73. The molecule has 1 fully saturated rings. The average Bonchev–Trinajstić information content (AvgIpc) is 2.77. The van der Waals surface area contributed by atoms with Crippen LogP contribution in [0.2, 0.25) is 0 Å². The maximum Gasteiger partial charge on any atom is -0.00647 e. The molecule has 0 aromatic heterocycles. The lowest BCUT2D eigenvalue weighted by atomic mass is 9.99. The summed E-state index contributed by atoms with van der Waals surface area (Å²) in [6.07, 6.45) is 3.73. The van der Waals surface area contributed by atoms with Gasteiger partial charge in [0.1, 0.15) is 0 Å². The van der Waals surface area contributed by atoms with E-state index in [0.717, 1.165) is 5.92 Å². The first kappa shape index (κ1) is 9.51. The summed E-state index contributed by atoms with van der Waals surface area (Å²) in [5.74, 6) is 0.749. The van der Waals surface area contributed by atoms with Gasteiger partial charge in [-0.3, -0.25) is 0 Å². The topological polar surface area (TPSA) is 0 Å². The minimum atomic E-state index is 0.431. The van der Waals surface area contributed by atoms with E-state index in [9.17, 15) is 0 Å². The minimum Gasteiger partial charge on any atom is -0.0799 e. The highest BCUT2D eigenvalue weighted by atomic mass is 14.5. The molecular formula is C14H18. The van der Waals surface area contributed by atoms with Gasteiger partial charge in [0.05, 0.1) is 0 Å². The molecule has 0 N–H and O–H groups in total. The van der Waals surface area contributed by atoms with Crippen molar-refractivity contribution in [3.63, 3.8) is 0 Å². The van der Waals surface area contributed by atoms with E-state index >= 15 is 0 Å². The van der Waals surface area contributed by atoms with Crippen molar-refractivity contribution in [2.45, 2.75) is 33.1 Å². The number of benzene rings is 1. The standard InChI is InChI=1S/C14H18/c1-11(2)9-14(3)10-13(14)12-7-5-4-6-8-12/h4-9,13H,10H2,1-3H3/t13-,14+/m0/s1. The Morgan fingerprint density at radius 1 is 1.29 bits per heavy atom. The molecular weight excluding hydrogens is 168 g/mol. The predicted octanol–water partition coefficient (Wildman–Crippen LogP) is 4.15. The molecule has 74 valence electrons. The van der Waals surface area contributed by atoms with E-state index in [2.05, 4.69) is 57.2 Å². The zero-order valence-electron chi connectivity index (χ0n) is 9.25. The molecule has 0 nitrogen and oxygen atoms in total. The molecule has 0 radical (unpaired) electrons.